The van der Waals surface area contributed by atoms with Crippen LogP contribution in [0.25, 0.3) is 0 Å². The van der Waals surface area contributed by atoms with Crippen LogP contribution in [0.4, 0.5) is 0 Å². The van der Waals surface area contributed by atoms with Crippen molar-refractivity contribution in [2.24, 2.45) is 0 Å². The largest absolute Gasteiger partial charge is 0.497 e. The van der Waals surface area contributed by atoms with Crippen LogP contribution in [0.1, 0.15) is 32.9 Å². The van der Waals surface area contributed by atoms with E-state index < -0.39 is 0 Å². The average Bonchev–Trinajstić information content (AvgIpc) is 3.08. The smallest absolute Gasteiger partial charge is 0.263 e. The molecule has 7 heteroatoms. The number of hydrogen-bond acceptors (Lipinski definition) is 6. The molecule has 0 saturated carbocycles. The summed E-state index contributed by atoms with van der Waals surface area (Å²) >= 11 is 1.44. The van der Waals surface area contributed by atoms with Gasteiger partial charge >= 0.3 is 0 Å². The van der Waals surface area contributed by atoms with Gasteiger partial charge in [0.2, 0.25) is 5.88 Å². The lowest BCUT2D eigenvalue weighted by molar-refractivity contribution is 0.0954. The Hall–Kier alpha value is -2.93. The number of nitrogens with one attached hydrogen (secondary N) is 1. The molecule has 0 saturated heterocycles. The number of amides is 1. The standard InChI is InChI=1S/C20H21N3O3S/c1-4-18-23-13(2)19(27-18)20(24)22-12-14-8-9-17(21-11-14)26-16-7-5-6-15(10-16)25-3/h5-11H,4,12H2,1-3H3,(H,22,24). The van der Waals surface area contributed by atoms with Crippen molar-refractivity contribution in [2.45, 2.75) is 26.8 Å². The molecular formula is C20H21N3O3S. The molecule has 2 aromatic heterocycles. The molecule has 0 unspecified atom stereocenters. The first-order valence-electron chi connectivity index (χ1n) is 8.60. The van der Waals surface area contributed by atoms with E-state index in [2.05, 4.69) is 15.3 Å². The van der Waals surface area contributed by atoms with Crippen LogP contribution in [-0.4, -0.2) is 23.0 Å². The Morgan fingerprint density at radius 2 is 2.04 bits per heavy atom. The zero-order valence-electron chi connectivity index (χ0n) is 15.5. The van der Waals surface area contributed by atoms with Gasteiger partial charge in [-0.2, -0.15) is 0 Å². The first-order valence-corrected chi connectivity index (χ1v) is 9.42. The van der Waals surface area contributed by atoms with Gasteiger partial charge in [-0.05, 0) is 31.0 Å². The molecule has 1 amide bonds. The predicted molar refractivity (Wildman–Crippen MR) is 105 cm³/mol. The zero-order chi connectivity index (χ0) is 19.2. The van der Waals surface area contributed by atoms with Crippen LogP contribution in [0.2, 0.25) is 0 Å². The highest BCUT2D eigenvalue weighted by atomic mass is 32.1. The van der Waals surface area contributed by atoms with Gasteiger partial charge in [0.25, 0.3) is 5.91 Å². The number of carbonyl (C=O) groups excluding carboxylic acids is 1. The summed E-state index contributed by atoms with van der Waals surface area (Å²) in [6, 6.07) is 11.0. The maximum absolute atomic E-state index is 12.3. The molecule has 3 aromatic rings. The Kier molecular flexibility index (Phi) is 6.03. The van der Waals surface area contributed by atoms with E-state index in [0.717, 1.165) is 28.4 Å². The van der Waals surface area contributed by atoms with Gasteiger partial charge in [0.15, 0.2) is 0 Å². The zero-order valence-corrected chi connectivity index (χ0v) is 16.3. The second-order valence-corrected chi connectivity index (χ2v) is 6.93. The van der Waals surface area contributed by atoms with Gasteiger partial charge < -0.3 is 14.8 Å². The van der Waals surface area contributed by atoms with Crippen LogP contribution < -0.4 is 14.8 Å². The number of hydrogen-bond donors (Lipinski definition) is 1. The summed E-state index contributed by atoms with van der Waals surface area (Å²) in [5, 5.41) is 3.88. The minimum Gasteiger partial charge on any atom is -0.497 e. The molecule has 0 fully saturated rings. The minimum absolute atomic E-state index is 0.110. The molecule has 0 bridgehead atoms. The van der Waals surface area contributed by atoms with Crippen molar-refractivity contribution >= 4 is 17.2 Å². The number of benzene rings is 1. The number of carbonyl (C=O) groups is 1. The van der Waals surface area contributed by atoms with E-state index in [-0.39, 0.29) is 5.91 Å². The van der Waals surface area contributed by atoms with Gasteiger partial charge in [-0.1, -0.05) is 19.1 Å². The fourth-order valence-corrected chi connectivity index (χ4v) is 3.36. The van der Waals surface area contributed by atoms with E-state index in [1.807, 2.05) is 38.1 Å². The Bertz CT molecular complexity index is 922. The van der Waals surface area contributed by atoms with E-state index >= 15 is 0 Å². The van der Waals surface area contributed by atoms with Crippen LogP contribution in [0, 0.1) is 6.92 Å². The van der Waals surface area contributed by atoms with Crippen LogP contribution in [0.15, 0.2) is 42.6 Å². The molecule has 0 aliphatic rings. The minimum atomic E-state index is -0.110. The van der Waals surface area contributed by atoms with Gasteiger partial charge in [0.1, 0.15) is 16.4 Å². The molecule has 140 valence electrons. The molecule has 27 heavy (non-hydrogen) atoms. The number of rotatable bonds is 7. The van der Waals surface area contributed by atoms with E-state index in [4.69, 9.17) is 9.47 Å². The molecule has 1 aromatic carbocycles. The first kappa shape index (κ1) is 18.8. The van der Waals surface area contributed by atoms with Crippen molar-refractivity contribution in [3.63, 3.8) is 0 Å². The van der Waals surface area contributed by atoms with Gasteiger partial charge in [-0.3, -0.25) is 4.79 Å². The van der Waals surface area contributed by atoms with Crippen molar-refractivity contribution in [2.75, 3.05) is 7.11 Å². The highest BCUT2D eigenvalue weighted by molar-refractivity contribution is 7.13. The summed E-state index contributed by atoms with van der Waals surface area (Å²) in [5.41, 5.74) is 1.66. The highest BCUT2D eigenvalue weighted by Crippen LogP contribution is 2.24. The topological polar surface area (TPSA) is 73.3 Å². The molecule has 6 nitrogen and oxygen atoms in total. The van der Waals surface area contributed by atoms with Crippen molar-refractivity contribution in [1.82, 2.24) is 15.3 Å². The number of pyridine rings is 1. The van der Waals surface area contributed by atoms with Crippen LogP contribution in [0.3, 0.4) is 0 Å². The van der Waals surface area contributed by atoms with Crippen molar-refractivity contribution in [3.05, 3.63) is 63.7 Å². The fraction of sp³-hybridized carbons (Fsp3) is 0.250. The van der Waals surface area contributed by atoms with Crippen LogP contribution in [-0.2, 0) is 13.0 Å². The maximum atomic E-state index is 12.3. The number of methoxy groups -OCH3 is 1. The molecule has 1 N–H and O–H groups in total. The second-order valence-electron chi connectivity index (χ2n) is 5.84. The average molecular weight is 383 g/mol. The highest BCUT2D eigenvalue weighted by Gasteiger charge is 2.14. The van der Waals surface area contributed by atoms with Gasteiger partial charge in [-0.25, -0.2) is 9.97 Å². The number of nitrogens with zero attached hydrogens (tertiary/aromatic N) is 2. The van der Waals surface area contributed by atoms with E-state index in [9.17, 15) is 4.79 Å². The summed E-state index contributed by atoms with van der Waals surface area (Å²) in [6.07, 6.45) is 2.52. The Balaban J connectivity index is 1.58. The molecule has 3 rings (SSSR count). The molecule has 2 heterocycles. The summed E-state index contributed by atoms with van der Waals surface area (Å²) in [5.74, 6) is 1.73. The number of aromatic nitrogens is 2. The Morgan fingerprint density at radius 3 is 2.70 bits per heavy atom. The summed E-state index contributed by atoms with van der Waals surface area (Å²) in [6.45, 7) is 4.28. The monoisotopic (exact) mass is 383 g/mol. The number of thiazole rings is 1. The van der Waals surface area contributed by atoms with E-state index in [1.165, 1.54) is 11.3 Å². The van der Waals surface area contributed by atoms with Crippen LogP contribution in [0.5, 0.6) is 17.4 Å². The van der Waals surface area contributed by atoms with Crippen molar-refractivity contribution in [3.8, 4) is 17.4 Å². The third-order valence-corrected chi connectivity index (χ3v) is 5.16. The van der Waals surface area contributed by atoms with Gasteiger partial charge in [0, 0.05) is 24.9 Å². The summed E-state index contributed by atoms with van der Waals surface area (Å²) in [7, 11) is 1.61. The summed E-state index contributed by atoms with van der Waals surface area (Å²) < 4.78 is 10.9. The lowest BCUT2D eigenvalue weighted by atomic mass is 10.2. The molecule has 0 aliphatic carbocycles. The third kappa shape index (κ3) is 4.83. The first-order chi connectivity index (χ1) is 13.1. The number of aryl methyl sites for hydroxylation is 2. The Morgan fingerprint density at radius 1 is 1.22 bits per heavy atom. The van der Waals surface area contributed by atoms with Gasteiger partial charge in [0.05, 0.1) is 17.8 Å². The Labute approximate surface area is 162 Å². The second kappa shape index (κ2) is 8.64. The quantitative estimate of drug-likeness (QED) is 0.664. The molecule has 0 aliphatic heterocycles. The normalized spacial score (nSPS) is 10.5. The van der Waals surface area contributed by atoms with E-state index in [0.29, 0.717) is 23.1 Å². The third-order valence-electron chi connectivity index (χ3n) is 3.86. The lowest BCUT2D eigenvalue weighted by Crippen LogP contribution is -2.22. The lowest BCUT2D eigenvalue weighted by Gasteiger charge is -2.08. The SMILES string of the molecule is CCc1nc(C)c(C(=O)NCc2ccc(Oc3cccc(OC)c3)nc2)s1. The fourth-order valence-electron chi connectivity index (χ4n) is 2.44. The van der Waals surface area contributed by atoms with Crippen LogP contribution >= 0.6 is 11.3 Å². The van der Waals surface area contributed by atoms with Gasteiger partial charge in [-0.15, -0.1) is 11.3 Å². The molecule has 0 spiro atoms. The maximum Gasteiger partial charge on any atom is 0.263 e. The molecule has 0 radical (unpaired) electrons. The number of ether oxygens (including phenoxy) is 2. The van der Waals surface area contributed by atoms with Crippen molar-refractivity contribution < 1.29 is 14.3 Å². The molecule has 0 atom stereocenters. The van der Waals surface area contributed by atoms with E-state index in [1.54, 1.807) is 25.4 Å². The molecular weight excluding hydrogens is 362 g/mol. The summed E-state index contributed by atoms with van der Waals surface area (Å²) in [4.78, 5) is 21.7. The predicted octanol–water partition coefficient (Wildman–Crippen LogP) is 4.14. The van der Waals surface area contributed by atoms with Crippen molar-refractivity contribution in [1.29, 1.82) is 0 Å².